The molecule has 2 aromatic heterocycles. The minimum Gasteiger partial charge on any atom is -0.302 e. The lowest BCUT2D eigenvalue weighted by Gasteiger charge is -2.00. The average molecular weight is 354 g/mol. The maximum atomic E-state index is 11.8. The third-order valence-corrected chi connectivity index (χ3v) is 5.55. The van der Waals surface area contributed by atoms with Crippen LogP contribution in [0, 0.1) is 5.92 Å². The maximum absolute atomic E-state index is 11.8. The monoisotopic (exact) mass is 352 g/mol. The summed E-state index contributed by atoms with van der Waals surface area (Å²) < 4.78 is -0.202. The smallest absolute Gasteiger partial charge is 0.232 e. The van der Waals surface area contributed by atoms with Gasteiger partial charge in [0.15, 0.2) is 5.13 Å². The third kappa shape index (κ3) is 2.90. The largest absolute Gasteiger partial charge is 0.302 e. The average Bonchev–Trinajstić information content (AvgIpc) is 2.73. The van der Waals surface area contributed by atoms with Crippen LogP contribution in [0.1, 0.15) is 6.42 Å². The zero-order chi connectivity index (χ0) is 13.6. The van der Waals surface area contributed by atoms with E-state index < -0.39 is 4.33 Å². The van der Waals surface area contributed by atoms with Gasteiger partial charge in [-0.15, -0.1) is 45.9 Å². The maximum Gasteiger partial charge on any atom is 0.232 e. The first-order chi connectivity index (χ1) is 8.95. The number of thiophene rings is 1. The molecule has 100 valence electrons. The summed E-state index contributed by atoms with van der Waals surface area (Å²) in [5.74, 6) is -0.533. The first-order valence-corrected chi connectivity index (χ1v) is 8.18. The van der Waals surface area contributed by atoms with Crippen LogP contribution in [0.15, 0.2) is 17.5 Å². The van der Waals surface area contributed by atoms with Crippen LogP contribution in [-0.4, -0.2) is 15.2 Å². The molecule has 1 N–H and O–H groups in total. The highest BCUT2D eigenvalue weighted by Crippen LogP contribution is 2.53. The second-order valence-corrected chi connectivity index (χ2v) is 8.26. The fourth-order valence-electron chi connectivity index (χ4n) is 1.59. The van der Waals surface area contributed by atoms with E-state index in [-0.39, 0.29) is 11.8 Å². The zero-order valence-corrected chi connectivity index (χ0v) is 13.2. The lowest BCUT2D eigenvalue weighted by Crippen LogP contribution is -2.16. The van der Waals surface area contributed by atoms with Crippen molar-refractivity contribution in [3.63, 3.8) is 0 Å². The van der Waals surface area contributed by atoms with Crippen molar-refractivity contribution in [2.45, 2.75) is 10.8 Å². The van der Waals surface area contributed by atoms with Crippen LogP contribution in [0.4, 0.5) is 5.13 Å². The number of hydrogen-bond donors (Lipinski definition) is 1. The van der Waals surface area contributed by atoms with E-state index in [0.717, 1.165) is 10.6 Å². The van der Waals surface area contributed by atoms with E-state index in [1.54, 1.807) is 0 Å². The normalized spacial score (nSPS) is 20.3. The van der Waals surface area contributed by atoms with Crippen molar-refractivity contribution in [1.82, 2.24) is 4.98 Å². The van der Waals surface area contributed by atoms with Gasteiger partial charge in [0.2, 0.25) is 5.91 Å². The van der Waals surface area contributed by atoms with Crippen LogP contribution in [0.3, 0.4) is 0 Å². The van der Waals surface area contributed by atoms with Crippen LogP contribution in [0.25, 0.3) is 10.6 Å². The molecule has 1 fully saturated rings. The number of anilines is 1. The summed E-state index contributed by atoms with van der Waals surface area (Å²) in [6.07, 6.45) is 0.487. The molecule has 0 saturated heterocycles. The minimum atomic E-state index is -0.911. The van der Waals surface area contributed by atoms with E-state index >= 15 is 0 Å². The lowest BCUT2D eigenvalue weighted by atomic mass is 10.4. The van der Waals surface area contributed by atoms with Gasteiger partial charge in [0, 0.05) is 5.38 Å². The molecule has 0 aliphatic heterocycles. The van der Waals surface area contributed by atoms with Gasteiger partial charge in [-0.05, 0) is 18.6 Å². The number of aromatic nitrogens is 1. The Bertz CT molecular complexity index is 637. The van der Waals surface area contributed by atoms with Gasteiger partial charge in [0.25, 0.3) is 0 Å². The molecule has 1 atom stereocenters. The van der Waals surface area contributed by atoms with Crippen LogP contribution in [0.2, 0.25) is 4.34 Å². The molecule has 2 aromatic rings. The van der Waals surface area contributed by atoms with Crippen LogP contribution in [0.5, 0.6) is 0 Å². The number of carbonyl (C=O) groups is 1. The highest BCUT2D eigenvalue weighted by molar-refractivity contribution is 7.20. The fourth-order valence-corrected chi connectivity index (χ4v) is 3.89. The third-order valence-electron chi connectivity index (χ3n) is 2.70. The Kier molecular flexibility index (Phi) is 3.52. The van der Waals surface area contributed by atoms with Gasteiger partial charge in [0.05, 0.1) is 20.8 Å². The van der Waals surface area contributed by atoms with Crippen molar-refractivity contribution in [3.8, 4) is 10.6 Å². The Morgan fingerprint density at radius 1 is 1.47 bits per heavy atom. The van der Waals surface area contributed by atoms with Crippen molar-refractivity contribution in [1.29, 1.82) is 0 Å². The molecule has 0 aromatic carbocycles. The second-order valence-electron chi connectivity index (χ2n) is 4.15. The van der Waals surface area contributed by atoms with Crippen molar-refractivity contribution in [2.75, 3.05) is 5.32 Å². The number of amides is 1. The SMILES string of the molecule is O=C(Nc1nc(-c2ccc(Cl)s2)cs1)C1CC1(Cl)Cl. The molecule has 1 aliphatic carbocycles. The Morgan fingerprint density at radius 2 is 2.21 bits per heavy atom. The van der Waals surface area contributed by atoms with Crippen molar-refractivity contribution >= 4 is 68.5 Å². The summed E-state index contributed by atoms with van der Waals surface area (Å²) in [7, 11) is 0. The molecule has 8 heteroatoms. The van der Waals surface area contributed by atoms with Crippen molar-refractivity contribution in [2.24, 2.45) is 5.92 Å². The number of alkyl halides is 2. The predicted molar refractivity (Wildman–Crippen MR) is 81.6 cm³/mol. The predicted octanol–water partition coefficient (Wildman–Crippen LogP) is 4.66. The van der Waals surface area contributed by atoms with Crippen LogP contribution >= 0.6 is 57.5 Å². The van der Waals surface area contributed by atoms with E-state index in [9.17, 15) is 4.79 Å². The highest BCUT2D eigenvalue weighted by Gasteiger charge is 2.56. The van der Waals surface area contributed by atoms with Gasteiger partial charge in [-0.2, -0.15) is 0 Å². The number of halogens is 3. The quantitative estimate of drug-likeness (QED) is 0.816. The molecule has 1 amide bonds. The molecule has 1 unspecified atom stereocenters. The number of nitrogens with one attached hydrogen (secondary N) is 1. The van der Waals surface area contributed by atoms with E-state index in [4.69, 9.17) is 34.8 Å². The van der Waals surface area contributed by atoms with Crippen molar-refractivity contribution < 1.29 is 4.79 Å². The molecule has 3 rings (SSSR count). The van der Waals surface area contributed by atoms with Crippen molar-refractivity contribution in [3.05, 3.63) is 21.8 Å². The fraction of sp³-hybridized carbons (Fsp3) is 0.273. The van der Waals surface area contributed by atoms with E-state index in [2.05, 4.69) is 10.3 Å². The summed E-state index contributed by atoms with van der Waals surface area (Å²) in [5, 5.41) is 5.14. The molecule has 19 heavy (non-hydrogen) atoms. The molecule has 1 saturated carbocycles. The van der Waals surface area contributed by atoms with Gasteiger partial charge >= 0.3 is 0 Å². The summed E-state index contributed by atoms with van der Waals surface area (Å²) in [6, 6.07) is 3.72. The molecular weight excluding hydrogens is 347 g/mol. The number of hydrogen-bond acceptors (Lipinski definition) is 4. The summed E-state index contributed by atoms with van der Waals surface area (Å²) in [6.45, 7) is 0. The first-order valence-electron chi connectivity index (χ1n) is 5.35. The molecule has 1 aliphatic rings. The van der Waals surface area contributed by atoms with E-state index in [1.165, 1.54) is 22.7 Å². The van der Waals surface area contributed by atoms with E-state index in [0.29, 0.717) is 15.9 Å². The van der Waals surface area contributed by atoms with Crippen LogP contribution < -0.4 is 5.32 Å². The number of nitrogens with zero attached hydrogens (tertiary/aromatic N) is 1. The van der Waals surface area contributed by atoms with Gasteiger partial charge < -0.3 is 5.32 Å². The molecule has 0 radical (unpaired) electrons. The molecule has 2 heterocycles. The Balaban J connectivity index is 1.70. The summed E-state index contributed by atoms with van der Waals surface area (Å²) in [4.78, 5) is 17.1. The van der Waals surface area contributed by atoms with Gasteiger partial charge in [-0.25, -0.2) is 4.98 Å². The minimum absolute atomic E-state index is 0.185. The van der Waals surface area contributed by atoms with Gasteiger partial charge in [-0.3, -0.25) is 4.79 Å². The molecular formula is C11H7Cl3N2OS2. The molecule has 0 spiro atoms. The lowest BCUT2D eigenvalue weighted by molar-refractivity contribution is -0.117. The topological polar surface area (TPSA) is 42.0 Å². The second kappa shape index (κ2) is 4.90. The van der Waals surface area contributed by atoms with Gasteiger partial charge in [0.1, 0.15) is 4.33 Å². The van der Waals surface area contributed by atoms with Gasteiger partial charge in [-0.1, -0.05) is 11.6 Å². The van der Waals surface area contributed by atoms with Crippen LogP contribution in [-0.2, 0) is 4.79 Å². The first kappa shape index (κ1) is 13.6. The Morgan fingerprint density at radius 3 is 2.79 bits per heavy atom. The summed E-state index contributed by atoms with van der Waals surface area (Å²) >= 11 is 20.4. The highest BCUT2D eigenvalue weighted by atomic mass is 35.5. The Labute approximate surface area is 132 Å². The number of rotatable bonds is 3. The Hall–Kier alpha value is -0.330. The zero-order valence-electron chi connectivity index (χ0n) is 9.32. The summed E-state index contributed by atoms with van der Waals surface area (Å²) in [5.41, 5.74) is 0.802. The molecule has 0 bridgehead atoms. The van der Waals surface area contributed by atoms with E-state index in [1.807, 2.05) is 17.5 Å². The molecule has 3 nitrogen and oxygen atoms in total. The number of thiazole rings is 1. The standard InChI is InChI=1S/C11H7Cl3N2OS2/c12-8-2-1-7(19-8)6-4-18-10(15-6)16-9(17)5-3-11(5,13)14/h1-2,4-5H,3H2,(H,15,16,17). The number of carbonyl (C=O) groups excluding carboxylic acids is 1.